The molecule has 21 heavy (non-hydrogen) atoms. The Bertz CT molecular complexity index is 627. The number of ether oxygens (including phenoxy) is 2. The maximum atomic E-state index is 11.4. The monoisotopic (exact) mass is 306 g/mol. The van der Waals surface area contributed by atoms with E-state index in [-0.39, 0.29) is 6.42 Å². The Kier molecular flexibility index (Phi) is 5.06. The fourth-order valence-corrected chi connectivity index (χ4v) is 2.08. The van der Waals surface area contributed by atoms with Crippen LogP contribution in [0.3, 0.4) is 0 Å². The summed E-state index contributed by atoms with van der Waals surface area (Å²) < 4.78 is 10.6. The van der Waals surface area contributed by atoms with E-state index < -0.39 is 12.1 Å². The summed E-state index contributed by atoms with van der Waals surface area (Å²) in [5.74, 6) is 0.0787. The molecule has 0 fully saturated rings. The van der Waals surface area contributed by atoms with Gasteiger partial charge in [0.1, 0.15) is 11.5 Å². The molecule has 1 N–H and O–H groups in total. The number of halogens is 1. The van der Waals surface area contributed by atoms with Crippen LogP contribution in [0.4, 0.5) is 0 Å². The van der Waals surface area contributed by atoms with Crippen LogP contribution in [0.2, 0.25) is 5.02 Å². The van der Waals surface area contributed by atoms with Gasteiger partial charge in [0.15, 0.2) is 6.10 Å². The fraction of sp³-hybridized carbons (Fsp3) is 0.188. The zero-order valence-electron chi connectivity index (χ0n) is 11.5. The van der Waals surface area contributed by atoms with Crippen LogP contribution >= 0.6 is 11.6 Å². The van der Waals surface area contributed by atoms with E-state index in [2.05, 4.69) is 0 Å². The number of benzene rings is 2. The zero-order chi connectivity index (χ0) is 15.2. The van der Waals surface area contributed by atoms with Crippen molar-refractivity contribution < 1.29 is 19.4 Å². The molecule has 1 atom stereocenters. The highest BCUT2D eigenvalue weighted by atomic mass is 35.5. The highest BCUT2D eigenvalue weighted by Crippen LogP contribution is 2.20. The molecule has 2 aromatic carbocycles. The van der Waals surface area contributed by atoms with Crippen molar-refractivity contribution in [3.05, 3.63) is 59.1 Å². The lowest BCUT2D eigenvalue weighted by molar-refractivity contribution is -0.145. The van der Waals surface area contributed by atoms with E-state index in [1.165, 1.54) is 0 Å². The van der Waals surface area contributed by atoms with Gasteiger partial charge in [0, 0.05) is 11.4 Å². The van der Waals surface area contributed by atoms with Crippen molar-refractivity contribution in [2.75, 3.05) is 7.11 Å². The first kappa shape index (κ1) is 15.2. The highest BCUT2D eigenvalue weighted by molar-refractivity contribution is 6.30. The van der Waals surface area contributed by atoms with E-state index in [0.717, 1.165) is 5.56 Å². The zero-order valence-corrected chi connectivity index (χ0v) is 12.2. The second-order valence-corrected chi connectivity index (χ2v) is 4.89. The van der Waals surface area contributed by atoms with Gasteiger partial charge in [-0.05, 0) is 35.9 Å². The lowest BCUT2D eigenvalue weighted by atomic mass is 10.1. The first-order valence-electron chi connectivity index (χ1n) is 6.36. The predicted octanol–water partition coefficient (Wildman–Crippen LogP) is 3.42. The number of carboxylic acid groups (broad SMARTS) is 1. The summed E-state index contributed by atoms with van der Waals surface area (Å²) in [4.78, 5) is 11.4. The van der Waals surface area contributed by atoms with Crippen molar-refractivity contribution in [2.24, 2.45) is 0 Å². The van der Waals surface area contributed by atoms with Crippen LogP contribution in [-0.2, 0) is 11.2 Å². The Morgan fingerprint density at radius 1 is 1.19 bits per heavy atom. The lowest BCUT2D eigenvalue weighted by Gasteiger charge is -2.15. The summed E-state index contributed by atoms with van der Waals surface area (Å²) >= 11 is 5.86. The van der Waals surface area contributed by atoms with E-state index in [4.69, 9.17) is 21.1 Å². The molecule has 5 heteroatoms. The van der Waals surface area contributed by atoms with E-state index in [0.29, 0.717) is 16.5 Å². The third-order valence-corrected chi connectivity index (χ3v) is 3.14. The van der Waals surface area contributed by atoms with Crippen LogP contribution in [-0.4, -0.2) is 24.3 Å². The van der Waals surface area contributed by atoms with Crippen molar-refractivity contribution in [3.63, 3.8) is 0 Å². The normalized spacial score (nSPS) is 11.7. The Morgan fingerprint density at radius 3 is 2.57 bits per heavy atom. The number of rotatable bonds is 6. The number of aliphatic carboxylic acids is 1. The van der Waals surface area contributed by atoms with E-state index in [1.54, 1.807) is 43.5 Å². The molecular weight excluding hydrogens is 292 g/mol. The first-order valence-corrected chi connectivity index (χ1v) is 6.74. The van der Waals surface area contributed by atoms with E-state index >= 15 is 0 Å². The molecule has 0 amide bonds. The minimum Gasteiger partial charge on any atom is -0.497 e. The molecule has 4 nitrogen and oxygen atoms in total. The van der Waals surface area contributed by atoms with Crippen molar-refractivity contribution in [1.82, 2.24) is 0 Å². The highest BCUT2D eigenvalue weighted by Gasteiger charge is 2.20. The molecule has 2 aromatic rings. The largest absolute Gasteiger partial charge is 0.497 e. The standard InChI is InChI=1S/C16H15ClO4/c1-20-13-6-2-4-11(8-13)9-15(16(18)19)21-14-7-3-5-12(17)10-14/h2-8,10,15H,9H2,1H3,(H,18,19)/t15-/m1/s1. The van der Waals surface area contributed by atoms with Crippen molar-refractivity contribution in [3.8, 4) is 11.5 Å². The second kappa shape index (κ2) is 6.99. The fourth-order valence-electron chi connectivity index (χ4n) is 1.90. The second-order valence-electron chi connectivity index (χ2n) is 4.46. The van der Waals surface area contributed by atoms with Gasteiger partial charge >= 0.3 is 5.97 Å². The van der Waals surface area contributed by atoms with Crippen LogP contribution in [0.1, 0.15) is 5.56 Å². The van der Waals surface area contributed by atoms with Gasteiger partial charge < -0.3 is 14.6 Å². The number of carboxylic acids is 1. The third kappa shape index (κ3) is 4.39. The summed E-state index contributed by atoms with van der Waals surface area (Å²) in [6.07, 6.45) is -0.755. The number of hydrogen-bond acceptors (Lipinski definition) is 3. The third-order valence-electron chi connectivity index (χ3n) is 2.91. The van der Waals surface area contributed by atoms with Gasteiger partial charge in [0.25, 0.3) is 0 Å². The molecule has 0 aliphatic heterocycles. The first-order chi connectivity index (χ1) is 10.1. The van der Waals surface area contributed by atoms with Gasteiger partial charge in [-0.3, -0.25) is 0 Å². The smallest absolute Gasteiger partial charge is 0.345 e. The molecule has 2 rings (SSSR count). The van der Waals surface area contributed by atoms with Crippen LogP contribution < -0.4 is 9.47 Å². The van der Waals surface area contributed by atoms with Gasteiger partial charge in [-0.2, -0.15) is 0 Å². The molecule has 0 aliphatic carbocycles. The Hall–Kier alpha value is -2.20. The quantitative estimate of drug-likeness (QED) is 0.888. The Labute approximate surface area is 127 Å². The molecule has 0 spiro atoms. The van der Waals surface area contributed by atoms with E-state index in [9.17, 15) is 9.90 Å². The van der Waals surface area contributed by atoms with Crippen molar-refractivity contribution >= 4 is 17.6 Å². The molecule has 0 saturated heterocycles. The Balaban J connectivity index is 2.13. The summed E-state index contributed by atoms with van der Waals surface area (Å²) in [5, 5.41) is 9.80. The molecule has 0 saturated carbocycles. The van der Waals surface area contributed by atoms with Crippen LogP contribution in [0.15, 0.2) is 48.5 Å². The predicted molar refractivity (Wildman–Crippen MR) is 80.2 cm³/mol. The minimum absolute atomic E-state index is 0.235. The lowest BCUT2D eigenvalue weighted by Crippen LogP contribution is -2.29. The van der Waals surface area contributed by atoms with Crippen molar-refractivity contribution in [2.45, 2.75) is 12.5 Å². The molecular formula is C16H15ClO4. The molecule has 0 heterocycles. The molecule has 0 aliphatic rings. The molecule has 0 aromatic heterocycles. The van der Waals surface area contributed by atoms with E-state index in [1.807, 2.05) is 12.1 Å². The maximum Gasteiger partial charge on any atom is 0.345 e. The molecule has 0 radical (unpaired) electrons. The topological polar surface area (TPSA) is 55.8 Å². The van der Waals surface area contributed by atoms with Gasteiger partial charge in [-0.1, -0.05) is 29.8 Å². The summed E-state index contributed by atoms with van der Waals surface area (Å²) in [7, 11) is 1.57. The maximum absolute atomic E-state index is 11.4. The summed E-state index contributed by atoms with van der Waals surface area (Å²) in [6.45, 7) is 0. The number of carbonyl (C=O) groups is 1. The van der Waals surface area contributed by atoms with Crippen molar-refractivity contribution in [1.29, 1.82) is 0 Å². The molecule has 0 unspecified atom stereocenters. The number of hydrogen-bond donors (Lipinski definition) is 1. The summed E-state index contributed by atoms with van der Waals surface area (Å²) in [5.41, 5.74) is 0.823. The molecule has 110 valence electrons. The van der Waals surface area contributed by atoms with Crippen LogP contribution in [0.25, 0.3) is 0 Å². The SMILES string of the molecule is COc1cccc(C[C@@H](Oc2cccc(Cl)c2)C(=O)O)c1. The number of methoxy groups -OCH3 is 1. The van der Waals surface area contributed by atoms with Crippen LogP contribution in [0.5, 0.6) is 11.5 Å². The molecule has 0 bridgehead atoms. The van der Waals surface area contributed by atoms with Gasteiger partial charge in [0.05, 0.1) is 7.11 Å². The Morgan fingerprint density at radius 2 is 1.90 bits per heavy atom. The van der Waals surface area contributed by atoms with Gasteiger partial charge in [-0.15, -0.1) is 0 Å². The van der Waals surface area contributed by atoms with Gasteiger partial charge in [0.2, 0.25) is 0 Å². The minimum atomic E-state index is -1.03. The average Bonchev–Trinajstić information content (AvgIpc) is 2.47. The van der Waals surface area contributed by atoms with Gasteiger partial charge in [-0.25, -0.2) is 4.79 Å². The van der Waals surface area contributed by atoms with Crippen LogP contribution in [0, 0.1) is 0 Å². The average molecular weight is 307 g/mol. The summed E-state index contributed by atoms with van der Waals surface area (Å²) in [6, 6.07) is 13.9.